The SMILES string of the molecule is C=C(C)C(=C)CCCCCCCCc1ccc(N=Nc2ccc(C#Cc3cccnc3)c(C)c2)cc1. The minimum absolute atomic E-state index is 0.826. The Bertz CT molecular complexity index is 1230. The average Bonchev–Trinajstić information content (AvgIpc) is 2.89. The molecular weight excluding hydrogens is 438 g/mol. The highest BCUT2D eigenvalue weighted by Crippen LogP contribution is 2.22. The number of rotatable bonds is 12. The van der Waals surface area contributed by atoms with Gasteiger partial charge < -0.3 is 0 Å². The van der Waals surface area contributed by atoms with E-state index in [1.54, 1.807) is 12.4 Å². The maximum absolute atomic E-state index is 4.41. The highest BCUT2D eigenvalue weighted by atomic mass is 15.1. The molecule has 184 valence electrons. The molecule has 0 aliphatic carbocycles. The van der Waals surface area contributed by atoms with Gasteiger partial charge in [-0.05, 0) is 93.1 Å². The van der Waals surface area contributed by atoms with Crippen LogP contribution in [-0.2, 0) is 6.42 Å². The molecule has 0 radical (unpaired) electrons. The van der Waals surface area contributed by atoms with Crippen molar-refractivity contribution in [2.75, 3.05) is 0 Å². The van der Waals surface area contributed by atoms with Crippen LogP contribution in [0.2, 0.25) is 0 Å². The van der Waals surface area contributed by atoms with E-state index in [1.165, 1.54) is 49.7 Å². The van der Waals surface area contributed by atoms with Gasteiger partial charge in [0.05, 0.1) is 11.4 Å². The van der Waals surface area contributed by atoms with E-state index in [2.05, 4.69) is 52.3 Å². The Morgan fingerprint density at radius 2 is 1.53 bits per heavy atom. The van der Waals surface area contributed by atoms with Crippen LogP contribution in [0.1, 0.15) is 74.1 Å². The molecule has 0 saturated heterocycles. The van der Waals surface area contributed by atoms with Gasteiger partial charge in [0, 0.05) is 23.5 Å². The summed E-state index contributed by atoms with van der Waals surface area (Å²) >= 11 is 0. The van der Waals surface area contributed by atoms with Crippen LogP contribution < -0.4 is 0 Å². The molecule has 36 heavy (non-hydrogen) atoms. The molecule has 3 aromatic rings. The van der Waals surface area contributed by atoms with Crippen molar-refractivity contribution < 1.29 is 0 Å². The second-order valence-electron chi connectivity index (χ2n) is 9.36. The molecule has 3 rings (SSSR count). The summed E-state index contributed by atoms with van der Waals surface area (Å²) in [5, 5.41) is 8.83. The summed E-state index contributed by atoms with van der Waals surface area (Å²) in [6.45, 7) is 12.1. The Morgan fingerprint density at radius 3 is 2.22 bits per heavy atom. The third-order valence-electron chi connectivity index (χ3n) is 6.23. The van der Waals surface area contributed by atoms with Crippen molar-refractivity contribution in [3.05, 3.63) is 114 Å². The largest absolute Gasteiger partial charge is 0.263 e. The first-order valence-corrected chi connectivity index (χ1v) is 12.9. The molecule has 0 atom stereocenters. The molecular formula is C33H37N3. The lowest BCUT2D eigenvalue weighted by Gasteiger charge is -2.05. The molecule has 0 fully saturated rings. The van der Waals surface area contributed by atoms with Crippen LogP contribution in [-0.4, -0.2) is 4.98 Å². The first-order chi connectivity index (χ1) is 17.5. The molecule has 0 spiro atoms. The maximum Gasteiger partial charge on any atom is 0.0860 e. The van der Waals surface area contributed by atoms with Crippen molar-refractivity contribution in [3.8, 4) is 11.8 Å². The minimum atomic E-state index is 0.826. The predicted octanol–water partition coefficient (Wildman–Crippen LogP) is 9.61. The van der Waals surface area contributed by atoms with Crippen LogP contribution in [0.3, 0.4) is 0 Å². The van der Waals surface area contributed by atoms with E-state index >= 15 is 0 Å². The summed E-state index contributed by atoms with van der Waals surface area (Å²) < 4.78 is 0. The van der Waals surface area contributed by atoms with Crippen LogP contribution in [0.5, 0.6) is 0 Å². The summed E-state index contributed by atoms with van der Waals surface area (Å²) in [6.07, 6.45) is 13.4. The molecule has 0 N–H and O–H groups in total. The van der Waals surface area contributed by atoms with Crippen LogP contribution in [0.25, 0.3) is 0 Å². The van der Waals surface area contributed by atoms with Gasteiger partial charge in [0.2, 0.25) is 0 Å². The van der Waals surface area contributed by atoms with E-state index in [9.17, 15) is 0 Å². The standard InChI is InChI=1S/C33H37N3/c1-26(2)27(3)12-9-7-5-6-8-10-13-29-16-20-32(21-17-29)35-36-33-22-19-31(28(4)24-33)18-15-30-14-11-23-34-25-30/h11,14,16-17,19-25H,1,3,5-10,12-13H2,2,4H3. The number of nitrogens with zero attached hydrogens (tertiary/aromatic N) is 3. The topological polar surface area (TPSA) is 37.6 Å². The number of hydrogen-bond acceptors (Lipinski definition) is 3. The molecule has 0 amide bonds. The fraction of sp³-hybridized carbons (Fsp3) is 0.303. The van der Waals surface area contributed by atoms with Gasteiger partial charge in [-0.1, -0.05) is 74.0 Å². The Balaban J connectivity index is 1.39. The smallest absolute Gasteiger partial charge is 0.0860 e. The number of aryl methyl sites for hydroxylation is 2. The van der Waals surface area contributed by atoms with Gasteiger partial charge in [-0.25, -0.2) is 0 Å². The number of benzene rings is 2. The Labute approximate surface area is 217 Å². The summed E-state index contributed by atoms with van der Waals surface area (Å²) in [4.78, 5) is 4.10. The lowest BCUT2D eigenvalue weighted by molar-refractivity contribution is 0.594. The number of pyridine rings is 1. The van der Waals surface area contributed by atoms with E-state index in [1.807, 2.05) is 56.3 Å². The zero-order valence-electron chi connectivity index (χ0n) is 21.8. The van der Waals surface area contributed by atoms with Crippen molar-refractivity contribution >= 4 is 11.4 Å². The van der Waals surface area contributed by atoms with E-state index in [-0.39, 0.29) is 0 Å². The van der Waals surface area contributed by atoms with Crippen molar-refractivity contribution in [2.45, 2.75) is 65.2 Å². The van der Waals surface area contributed by atoms with E-state index in [0.29, 0.717) is 0 Å². The summed E-state index contributed by atoms with van der Waals surface area (Å²) in [6, 6.07) is 18.2. The summed E-state index contributed by atoms with van der Waals surface area (Å²) in [5.41, 5.74) is 8.34. The van der Waals surface area contributed by atoms with Crippen LogP contribution >= 0.6 is 0 Å². The monoisotopic (exact) mass is 475 g/mol. The molecule has 0 aliphatic heterocycles. The second kappa shape index (κ2) is 14.6. The zero-order chi connectivity index (χ0) is 25.6. The van der Waals surface area contributed by atoms with E-state index in [4.69, 9.17) is 0 Å². The summed E-state index contributed by atoms with van der Waals surface area (Å²) in [7, 11) is 0. The number of azo groups is 1. The van der Waals surface area contributed by atoms with Gasteiger partial charge >= 0.3 is 0 Å². The van der Waals surface area contributed by atoms with Gasteiger partial charge in [0.15, 0.2) is 0 Å². The molecule has 0 unspecified atom stereocenters. The van der Waals surface area contributed by atoms with Crippen molar-refractivity contribution in [3.63, 3.8) is 0 Å². The lowest BCUT2D eigenvalue weighted by atomic mass is 10.0. The third kappa shape index (κ3) is 9.47. The van der Waals surface area contributed by atoms with Gasteiger partial charge in [-0.2, -0.15) is 10.2 Å². The van der Waals surface area contributed by atoms with Crippen LogP contribution in [0.15, 0.2) is 102 Å². The second-order valence-corrected chi connectivity index (χ2v) is 9.36. The highest BCUT2D eigenvalue weighted by molar-refractivity contribution is 5.52. The highest BCUT2D eigenvalue weighted by Gasteiger charge is 2.00. The number of unbranched alkanes of at least 4 members (excludes halogenated alkanes) is 5. The average molecular weight is 476 g/mol. The summed E-state index contributed by atoms with van der Waals surface area (Å²) in [5.74, 6) is 6.36. The number of allylic oxidation sites excluding steroid dienone is 2. The number of aromatic nitrogens is 1. The quantitative estimate of drug-likeness (QED) is 0.111. The fourth-order valence-electron chi connectivity index (χ4n) is 3.86. The van der Waals surface area contributed by atoms with Crippen molar-refractivity contribution in [1.29, 1.82) is 0 Å². The molecule has 2 aromatic carbocycles. The van der Waals surface area contributed by atoms with Crippen molar-refractivity contribution in [1.82, 2.24) is 4.98 Å². The Kier molecular flexibility index (Phi) is 10.9. The van der Waals surface area contributed by atoms with Crippen molar-refractivity contribution in [2.24, 2.45) is 10.2 Å². The normalized spacial score (nSPS) is 10.7. The predicted molar refractivity (Wildman–Crippen MR) is 152 cm³/mol. The zero-order valence-corrected chi connectivity index (χ0v) is 21.8. The van der Waals surface area contributed by atoms with Gasteiger partial charge in [-0.3, -0.25) is 4.98 Å². The Hall–Kier alpha value is -3.77. The Morgan fingerprint density at radius 1 is 0.833 bits per heavy atom. The van der Waals surface area contributed by atoms with E-state index in [0.717, 1.165) is 46.5 Å². The molecule has 3 heteroatoms. The molecule has 0 saturated carbocycles. The van der Waals surface area contributed by atoms with Gasteiger partial charge in [0.1, 0.15) is 0 Å². The fourth-order valence-corrected chi connectivity index (χ4v) is 3.86. The molecule has 0 aliphatic rings. The number of hydrogen-bond donors (Lipinski definition) is 0. The molecule has 1 heterocycles. The van der Waals surface area contributed by atoms with Gasteiger partial charge in [0.25, 0.3) is 0 Å². The maximum atomic E-state index is 4.41. The van der Waals surface area contributed by atoms with Crippen LogP contribution in [0.4, 0.5) is 11.4 Å². The van der Waals surface area contributed by atoms with E-state index < -0.39 is 0 Å². The lowest BCUT2D eigenvalue weighted by Crippen LogP contribution is -1.87. The van der Waals surface area contributed by atoms with Crippen LogP contribution in [0, 0.1) is 18.8 Å². The first-order valence-electron chi connectivity index (χ1n) is 12.9. The molecule has 1 aromatic heterocycles. The van der Waals surface area contributed by atoms with Gasteiger partial charge in [-0.15, -0.1) is 0 Å². The minimum Gasteiger partial charge on any atom is -0.263 e. The third-order valence-corrected chi connectivity index (χ3v) is 6.23. The molecule has 0 bridgehead atoms. The first kappa shape index (κ1) is 26.8. The molecule has 3 nitrogen and oxygen atoms in total.